The molecule has 1 nitrogen and oxygen atoms in total. The van der Waals surface area contributed by atoms with Gasteiger partial charge < -0.3 is 4.90 Å². The molecule has 1 fully saturated rings. The average molecular weight is 776 g/mol. The van der Waals surface area contributed by atoms with E-state index in [1.165, 1.54) is 110 Å². The van der Waals surface area contributed by atoms with Gasteiger partial charge in [0.25, 0.3) is 0 Å². The molecule has 4 aliphatic rings. The summed E-state index contributed by atoms with van der Waals surface area (Å²) in [6, 6.07) is 54.9. The summed E-state index contributed by atoms with van der Waals surface area (Å²) in [5.41, 5.74) is 23.3. The van der Waals surface area contributed by atoms with Gasteiger partial charge in [0.05, 0.1) is 22.5 Å². The molecule has 0 unspecified atom stereocenters. The molecule has 1 aliphatic heterocycles. The van der Waals surface area contributed by atoms with Crippen LogP contribution in [0.3, 0.4) is 0 Å². The summed E-state index contributed by atoms with van der Waals surface area (Å²) in [4.78, 5) is 2.59. The quantitative estimate of drug-likeness (QED) is 0.162. The highest BCUT2D eigenvalue weighted by atomic mass is 15.2. The summed E-state index contributed by atoms with van der Waals surface area (Å²) in [7, 11) is 0. The number of allylic oxidation sites excluding steroid dienone is 8. The minimum atomic E-state index is -0.688. The number of nitrogens with zero attached hydrogens (tertiary/aromatic N) is 1. The third-order valence-corrected chi connectivity index (χ3v) is 14.0. The normalized spacial score (nSPS) is 20.2. The van der Waals surface area contributed by atoms with Crippen molar-refractivity contribution in [2.24, 2.45) is 0 Å². The lowest BCUT2D eigenvalue weighted by Gasteiger charge is -2.42. The number of hydrogen-bond acceptors (Lipinski definition) is 1. The Labute approximate surface area is 357 Å². The summed E-state index contributed by atoms with van der Waals surface area (Å²) < 4.78 is 0. The Morgan fingerprint density at radius 2 is 1.08 bits per heavy atom. The van der Waals surface area contributed by atoms with E-state index in [2.05, 4.69) is 220 Å². The van der Waals surface area contributed by atoms with E-state index in [1.807, 2.05) is 0 Å². The average Bonchev–Trinajstić information content (AvgIpc) is 3.45. The van der Waals surface area contributed by atoms with Crippen LogP contribution in [0.2, 0.25) is 0 Å². The zero-order chi connectivity index (χ0) is 40.8. The van der Waals surface area contributed by atoms with Crippen molar-refractivity contribution in [1.82, 2.24) is 0 Å². The molecule has 294 valence electrons. The van der Waals surface area contributed by atoms with Gasteiger partial charge in [0.1, 0.15) is 0 Å². The first-order valence-electron chi connectivity index (χ1n) is 22.0. The molecule has 1 saturated carbocycles. The first-order chi connectivity index (χ1) is 29.5. The van der Waals surface area contributed by atoms with Crippen molar-refractivity contribution in [3.8, 4) is 22.3 Å². The maximum absolute atomic E-state index is 3.95. The number of benzene rings is 6. The number of para-hydroxylation sites is 2. The summed E-state index contributed by atoms with van der Waals surface area (Å²) in [6.07, 6.45) is 20.1. The van der Waals surface area contributed by atoms with Crippen LogP contribution in [-0.2, 0) is 10.8 Å². The summed E-state index contributed by atoms with van der Waals surface area (Å²) in [6.45, 7) is 9.17. The van der Waals surface area contributed by atoms with Crippen molar-refractivity contribution in [2.75, 3.05) is 4.90 Å². The monoisotopic (exact) mass is 775 g/mol. The van der Waals surface area contributed by atoms with E-state index in [4.69, 9.17) is 0 Å². The van der Waals surface area contributed by atoms with E-state index >= 15 is 0 Å². The smallest absolute Gasteiger partial charge is 0.0893 e. The Bertz CT molecular complexity index is 2770. The van der Waals surface area contributed by atoms with Crippen LogP contribution in [0.1, 0.15) is 99.1 Å². The highest BCUT2D eigenvalue weighted by Gasteiger charge is 2.47. The number of hydrogen-bond donors (Lipinski definition) is 0. The minimum absolute atomic E-state index is 0.212. The minimum Gasteiger partial charge on any atom is -0.303 e. The Hall–Kier alpha value is -6.40. The topological polar surface area (TPSA) is 3.24 Å². The third kappa shape index (κ3) is 5.83. The lowest BCUT2D eigenvalue weighted by molar-refractivity contribution is 0.444. The van der Waals surface area contributed by atoms with Crippen molar-refractivity contribution in [3.63, 3.8) is 0 Å². The fraction of sp³-hybridized carbons (Fsp3) is 0.203. The molecule has 0 radical (unpaired) electrons. The van der Waals surface area contributed by atoms with E-state index in [0.29, 0.717) is 5.92 Å². The highest BCUT2D eigenvalue weighted by molar-refractivity contribution is 5.95. The molecule has 0 saturated heterocycles. The Morgan fingerprint density at radius 1 is 0.550 bits per heavy atom. The van der Waals surface area contributed by atoms with Crippen LogP contribution in [0, 0.1) is 0 Å². The molecule has 0 bridgehead atoms. The largest absolute Gasteiger partial charge is 0.303 e. The second kappa shape index (κ2) is 15.3. The standard InChI is InChI=1S/C59H53N/c1-5-42-26-10-11-27-43(40-55-44(6-2)48-31-14-18-34-51(48)58(55,3)4)60(56-38-22-17-28-45(56)41-24-8-7-9-25-41)57-39-23-21-37-54(57)59(42)52-35-19-15-32-49(52)46-29-12-13-30-47(46)50-33-16-20-36-53(50)59/h5-6,10-23,26,28-41H,7-9,24-25H2,1-4H3/b26-10-,42-5+,44-6?,55-40+. The van der Waals surface area contributed by atoms with Crippen LogP contribution in [0.4, 0.5) is 11.4 Å². The van der Waals surface area contributed by atoms with Gasteiger partial charge in [0, 0.05) is 5.41 Å². The lowest BCUT2D eigenvalue weighted by Crippen LogP contribution is -2.34. The molecule has 0 N–H and O–H groups in total. The molecule has 1 heterocycles. The van der Waals surface area contributed by atoms with Crippen molar-refractivity contribution in [1.29, 1.82) is 0 Å². The molecule has 6 aromatic rings. The Morgan fingerprint density at radius 3 is 1.72 bits per heavy atom. The van der Waals surface area contributed by atoms with Crippen LogP contribution in [0.5, 0.6) is 0 Å². The van der Waals surface area contributed by atoms with Gasteiger partial charge in [0.2, 0.25) is 0 Å². The van der Waals surface area contributed by atoms with Crippen LogP contribution in [-0.4, -0.2) is 0 Å². The Balaban J connectivity index is 1.35. The molecule has 0 aromatic heterocycles. The van der Waals surface area contributed by atoms with Crippen molar-refractivity contribution in [2.45, 2.75) is 76.5 Å². The first-order valence-corrected chi connectivity index (χ1v) is 22.0. The molecular weight excluding hydrogens is 723 g/mol. The van der Waals surface area contributed by atoms with Crippen LogP contribution < -0.4 is 4.90 Å². The zero-order valence-corrected chi connectivity index (χ0v) is 35.4. The lowest BCUT2D eigenvalue weighted by atomic mass is 9.62. The highest BCUT2D eigenvalue weighted by Crippen LogP contribution is 2.59. The number of anilines is 2. The van der Waals surface area contributed by atoms with E-state index < -0.39 is 5.41 Å². The maximum atomic E-state index is 3.95. The van der Waals surface area contributed by atoms with E-state index in [0.717, 1.165) is 11.4 Å². The predicted octanol–water partition coefficient (Wildman–Crippen LogP) is 15.7. The second-order valence-corrected chi connectivity index (χ2v) is 17.4. The number of rotatable bonds is 3. The summed E-state index contributed by atoms with van der Waals surface area (Å²) in [5.74, 6) is 0.488. The van der Waals surface area contributed by atoms with E-state index in [-0.39, 0.29) is 5.41 Å². The summed E-state index contributed by atoms with van der Waals surface area (Å²) >= 11 is 0. The zero-order valence-electron chi connectivity index (χ0n) is 35.4. The van der Waals surface area contributed by atoms with Crippen molar-refractivity contribution < 1.29 is 0 Å². The van der Waals surface area contributed by atoms with Gasteiger partial charge in [-0.1, -0.05) is 197 Å². The van der Waals surface area contributed by atoms with Crippen molar-refractivity contribution >= 4 is 16.9 Å². The molecule has 3 aliphatic carbocycles. The van der Waals surface area contributed by atoms with Gasteiger partial charge in [0.15, 0.2) is 0 Å². The fourth-order valence-electron chi connectivity index (χ4n) is 11.3. The van der Waals surface area contributed by atoms with Crippen LogP contribution >= 0.6 is 0 Å². The molecule has 0 amide bonds. The first kappa shape index (κ1) is 37.8. The van der Waals surface area contributed by atoms with Gasteiger partial charge in [-0.05, 0) is 129 Å². The molecule has 60 heavy (non-hydrogen) atoms. The number of fused-ring (bicyclic) bond motifs is 10. The molecular formula is C59H53N. The molecule has 1 spiro atoms. The molecule has 10 rings (SSSR count). The molecule has 6 aromatic carbocycles. The second-order valence-electron chi connectivity index (χ2n) is 17.4. The van der Waals surface area contributed by atoms with Crippen LogP contribution in [0.15, 0.2) is 205 Å². The van der Waals surface area contributed by atoms with Gasteiger partial charge >= 0.3 is 0 Å². The van der Waals surface area contributed by atoms with Crippen LogP contribution in [0.25, 0.3) is 27.8 Å². The van der Waals surface area contributed by atoms with E-state index in [1.54, 1.807) is 0 Å². The third-order valence-electron chi connectivity index (χ3n) is 14.0. The van der Waals surface area contributed by atoms with Gasteiger partial charge in [-0.15, -0.1) is 0 Å². The molecule has 0 atom stereocenters. The SMILES string of the molecule is CC=C1/C(=C\C2=C=C/C=C\C(=C/C)C3(c4ccccc4-c4ccccc4-c4ccccc43)c3ccccc3N2c2ccccc2C2CCCCC2)C(C)(C)c2ccccc21. The maximum Gasteiger partial charge on any atom is 0.0893 e. The summed E-state index contributed by atoms with van der Waals surface area (Å²) in [5, 5.41) is 0. The van der Waals surface area contributed by atoms with Gasteiger partial charge in [-0.2, -0.15) is 0 Å². The molecule has 1 heteroatoms. The predicted molar refractivity (Wildman–Crippen MR) is 254 cm³/mol. The van der Waals surface area contributed by atoms with Crippen molar-refractivity contribution in [3.05, 3.63) is 238 Å². The van der Waals surface area contributed by atoms with Gasteiger partial charge in [-0.3, -0.25) is 0 Å². The van der Waals surface area contributed by atoms with E-state index in [9.17, 15) is 0 Å². The fourth-order valence-corrected chi connectivity index (χ4v) is 11.3. The van der Waals surface area contributed by atoms with Gasteiger partial charge in [-0.25, -0.2) is 0 Å². The Kier molecular flexibility index (Phi) is 9.67.